The number of carbonyl (C=O) groups is 2. The maximum absolute atomic E-state index is 12.8. The standard InChI is InChI=1S/C23H30N4O2S/c1-23(21(29)26-22(30-23)25-19-12-16-4-5-17(19)11-16)13-15-6-9-27(10-7-15)20(28)18-3-2-8-24-14-18/h2-3,8,14-17,19H,4-7,9-13H2,1H3,(H,25,26,29)/t16-,17+,19+,23?/m1/s1. The van der Waals surface area contributed by atoms with Crippen LogP contribution >= 0.6 is 11.8 Å². The molecule has 7 heteroatoms. The molecule has 1 N–H and O–H groups in total. The molecule has 5 rings (SSSR count). The van der Waals surface area contributed by atoms with Crippen LogP contribution in [0.25, 0.3) is 0 Å². The third-order valence-electron chi connectivity index (χ3n) is 7.51. The van der Waals surface area contributed by atoms with Gasteiger partial charge in [0.2, 0.25) is 0 Å². The van der Waals surface area contributed by atoms with Crippen LogP contribution in [0.1, 0.15) is 62.2 Å². The number of aromatic nitrogens is 1. The number of likely N-dealkylation sites (tertiary alicyclic amines) is 1. The van der Waals surface area contributed by atoms with E-state index in [1.807, 2.05) is 17.9 Å². The third-order valence-corrected chi connectivity index (χ3v) is 8.71. The van der Waals surface area contributed by atoms with Crippen molar-refractivity contribution >= 4 is 28.7 Å². The van der Waals surface area contributed by atoms with Crippen LogP contribution in [0.4, 0.5) is 0 Å². The molecule has 0 aromatic carbocycles. The first-order valence-electron chi connectivity index (χ1n) is 11.3. The lowest BCUT2D eigenvalue weighted by atomic mass is 9.87. The van der Waals surface area contributed by atoms with Gasteiger partial charge < -0.3 is 10.2 Å². The molecule has 4 atom stereocenters. The number of carbonyl (C=O) groups excluding carboxylic acids is 2. The average molecular weight is 427 g/mol. The van der Waals surface area contributed by atoms with Crippen LogP contribution in [0.5, 0.6) is 0 Å². The molecule has 2 amide bonds. The van der Waals surface area contributed by atoms with E-state index in [9.17, 15) is 9.59 Å². The number of rotatable bonds is 4. The first kappa shape index (κ1) is 20.0. The van der Waals surface area contributed by atoms with Crippen molar-refractivity contribution in [1.82, 2.24) is 15.2 Å². The van der Waals surface area contributed by atoms with E-state index in [-0.39, 0.29) is 11.8 Å². The number of thioether (sulfide) groups is 1. The van der Waals surface area contributed by atoms with Crippen molar-refractivity contribution in [3.8, 4) is 0 Å². The Kier molecular flexibility index (Phi) is 5.33. The van der Waals surface area contributed by atoms with Crippen molar-refractivity contribution < 1.29 is 9.59 Å². The Bertz CT molecular complexity index is 852. The summed E-state index contributed by atoms with van der Waals surface area (Å²) in [6.45, 7) is 3.53. The van der Waals surface area contributed by atoms with Gasteiger partial charge >= 0.3 is 0 Å². The molecule has 2 aliphatic heterocycles. The summed E-state index contributed by atoms with van der Waals surface area (Å²) in [5.74, 6) is 2.15. The van der Waals surface area contributed by atoms with Crippen molar-refractivity contribution in [2.24, 2.45) is 22.7 Å². The summed E-state index contributed by atoms with van der Waals surface area (Å²) in [5, 5.41) is 4.44. The highest BCUT2D eigenvalue weighted by Crippen LogP contribution is 2.46. The van der Waals surface area contributed by atoms with Crippen LogP contribution in [0.2, 0.25) is 0 Å². The fourth-order valence-electron chi connectivity index (χ4n) is 5.82. The van der Waals surface area contributed by atoms with Gasteiger partial charge in [0.05, 0.1) is 5.56 Å². The molecule has 1 saturated heterocycles. The van der Waals surface area contributed by atoms with E-state index in [1.54, 1.807) is 30.2 Å². The highest BCUT2D eigenvalue weighted by molar-refractivity contribution is 8.16. The number of amides is 2. The molecule has 3 heterocycles. The summed E-state index contributed by atoms with van der Waals surface area (Å²) in [5.41, 5.74) is 0.647. The van der Waals surface area contributed by atoms with E-state index in [2.05, 4.69) is 15.3 Å². The largest absolute Gasteiger partial charge is 0.361 e. The Balaban J connectivity index is 1.13. The predicted octanol–water partition coefficient (Wildman–Crippen LogP) is 3.49. The van der Waals surface area contributed by atoms with Crippen molar-refractivity contribution in [3.05, 3.63) is 30.1 Å². The predicted molar refractivity (Wildman–Crippen MR) is 118 cm³/mol. The average Bonchev–Trinajstić information content (AvgIpc) is 3.44. The number of nitrogens with one attached hydrogen (secondary N) is 1. The second-order valence-electron chi connectivity index (χ2n) is 9.66. The smallest absolute Gasteiger partial charge is 0.264 e. The molecule has 0 radical (unpaired) electrons. The second kappa shape index (κ2) is 7.98. The normalized spacial score (nSPS) is 33.8. The number of pyridine rings is 1. The van der Waals surface area contributed by atoms with Crippen LogP contribution < -0.4 is 5.32 Å². The maximum atomic E-state index is 12.8. The monoisotopic (exact) mass is 426 g/mol. The molecule has 1 aromatic rings. The number of nitrogens with zero attached hydrogens (tertiary/aromatic N) is 3. The highest BCUT2D eigenvalue weighted by atomic mass is 32.2. The summed E-state index contributed by atoms with van der Waals surface area (Å²) in [6, 6.07) is 4.12. The number of hydrogen-bond acceptors (Lipinski definition) is 5. The van der Waals surface area contributed by atoms with E-state index < -0.39 is 4.75 Å². The fraction of sp³-hybridized carbons (Fsp3) is 0.652. The molecule has 2 aliphatic carbocycles. The van der Waals surface area contributed by atoms with Gasteiger partial charge in [0.25, 0.3) is 11.8 Å². The van der Waals surface area contributed by atoms with Crippen LogP contribution in [-0.4, -0.2) is 50.7 Å². The van der Waals surface area contributed by atoms with Gasteiger partial charge in [0.15, 0.2) is 5.17 Å². The number of fused-ring (bicyclic) bond motifs is 2. The molecule has 3 fully saturated rings. The van der Waals surface area contributed by atoms with Gasteiger partial charge in [-0.2, -0.15) is 4.99 Å². The minimum Gasteiger partial charge on any atom is -0.361 e. The van der Waals surface area contributed by atoms with Crippen LogP contribution in [-0.2, 0) is 4.79 Å². The molecular formula is C23H30N4O2S. The van der Waals surface area contributed by atoms with E-state index in [0.717, 1.165) is 49.4 Å². The Morgan fingerprint density at radius 3 is 2.77 bits per heavy atom. The molecule has 4 aliphatic rings. The Morgan fingerprint density at radius 2 is 2.10 bits per heavy atom. The van der Waals surface area contributed by atoms with Gasteiger partial charge in [-0.1, -0.05) is 18.2 Å². The van der Waals surface area contributed by atoms with Gasteiger partial charge in [-0.15, -0.1) is 0 Å². The molecule has 2 bridgehead atoms. The third kappa shape index (κ3) is 3.88. The zero-order valence-corrected chi connectivity index (χ0v) is 18.4. The summed E-state index contributed by atoms with van der Waals surface area (Å²) in [7, 11) is 0. The topological polar surface area (TPSA) is 74.7 Å². The zero-order valence-electron chi connectivity index (χ0n) is 17.5. The SMILES string of the molecule is CC1(CC2CCN(C(=O)c3cccnc3)CC2)SC(N[C@H]2C[C@@H]3CC[C@H]2C3)=NC1=O. The quantitative estimate of drug-likeness (QED) is 0.798. The van der Waals surface area contributed by atoms with Gasteiger partial charge in [-0.25, -0.2) is 0 Å². The number of aliphatic imine (C=N–C) groups is 1. The van der Waals surface area contributed by atoms with Gasteiger partial charge in [-0.3, -0.25) is 14.6 Å². The lowest BCUT2D eigenvalue weighted by Crippen LogP contribution is -2.41. The number of hydrogen-bond donors (Lipinski definition) is 1. The van der Waals surface area contributed by atoms with Gasteiger partial charge in [0.1, 0.15) is 4.75 Å². The molecule has 0 spiro atoms. The molecule has 2 saturated carbocycles. The van der Waals surface area contributed by atoms with Crippen molar-refractivity contribution in [2.45, 2.75) is 62.7 Å². The maximum Gasteiger partial charge on any atom is 0.264 e. The van der Waals surface area contributed by atoms with E-state index in [1.165, 1.54) is 25.7 Å². The van der Waals surface area contributed by atoms with E-state index in [4.69, 9.17) is 0 Å². The molecular weight excluding hydrogens is 396 g/mol. The number of amidine groups is 1. The van der Waals surface area contributed by atoms with Gasteiger partial charge in [0, 0.05) is 31.5 Å². The zero-order chi connectivity index (χ0) is 20.7. The molecule has 30 heavy (non-hydrogen) atoms. The van der Waals surface area contributed by atoms with Crippen molar-refractivity contribution in [1.29, 1.82) is 0 Å². The Hall–Kier alpha value is -1.89. The molecule has 1 unspecified atom stereocenters. The van der Waals surface area contributed by atoms with E-state index >= 15 is 0 Å². The van der Waals surface area contributed by atoms with Gasteiger partial charge in [-0.05, 0) is 75.3 Å². The highest BCUT2D eigenvalue weighted by Gasteiger charge is 2.46. The minimum absolute atomic E-state index is 0.00650. The minimum atomic E-state index is -0.472. The van der Waals surface area contributed by atoms with Crippen molar-refractivity contribution in [3.63, 3.8) is 0 Å². The van der Waals surface area contributed by atoms with E-state index in [0.29, 0.717) is 17.5 Å². The molecule has 160 valence electrons. The van der Waals surface area contributed by atoms with Crippen LogP contribution in [0, 0.1) is 17.8 Å². The van der Waals surface area contributed by atoms with Crippen molar-refractivity contribution in [2.75, 3.05) is 13.1 Å². The summed E-state index contributed by atoms with van der Waals surface area (Å²) in [4.78, 5) is 35.7. The number of piperidine rings is 1. The lowest BCUT2D eigenvalue weighted by molar-refractivity contribution is -0.119. The summed E-state index contributed by atoms with van der Waals surface area (Å²) < 4.78 is -0.472. The fourth-order valence-corrected chi connectivity index (χ4v) is 7.04. The second-order valence-corrected chi connectivity index (χ2v) is 11.2. The molecule has 1 aromatic heterocycles. The Morgan fingerprint density at radius 1 is 1.27 bits per heavy atom. The molecule has 6 nitrogen and oxygen atoms in total. The van der Waals surface area contributed by atoms with Crippen LogP contribution in [0.15, 0.2) is 29.5 Å². The Labute approximate surface area is 182 Å². The lowest BCUT2D eigenvalue weighted by Gasteiger charge is -2.35. The first-order chi connectivity index (χ1) is 14.5. The first-order valence-corrected chi connectivity index (χ1v) is 12.1. The van der Waals surface area contributed by atoms with Crippen LogP contribution in [0.3, 0.4) is 0 Å². The summed E-state index contributed by atoms with van der Waals surface area (Å²) in [6.07, 6.45) is 11.3. The summed E-state index contributed by atoms with van der Waals surface area (Å²) >= 11 is 1.63.